The van der Waals surface area contributed by atoms with Gasteiger partial charge in [0.25, 0.3) is 5.91 Å². The smallest absolute Gasteiger partial charge is 0.251 e. The van der Waals surface area contributed by atoms with E-state index in [1.807, 2.05) is 19.0 Å². The molecule has 0 atom stereocenters. The molecule has 6 nitrogen and oxygen atoms in total. The Hall–Kier alpha value is -1.80. The Morgan fingerprint density at radius 1 is 1.07 bits per heavy atom. The molecule has 2 aromatic rings. The van der Waals surface area contributed by atoms with Crippen LogP contribution in [-0.4, -0.2) is 52.7 Å². The number of rotatable bonds is 8. The lowest BCUT2D eigenvalue weighted by molar-refractivity contribution is 0.0951. The average Bonchev–Trinajstić information content (AvgIpc) is 2.61. The number of amides is 1. The van der Waals surface area contributed by atoms with E-state index in [0.29, 0.717) is 23.4 Å². The third-order valence-electron chi connectivity index (χ3n) is 3.99. The fourth-order valence-electron chi connectivity index (χ4n) is 2.49. The van der Waals surface area contributed by atoms with Crippen molar-refractivity contribution in [1.82, 2.24) is 10.2 Å². The van der Waals surface area contributed by atoms with E-state index in [0.717, 1.165) is 12.8 Å². The zero-order chi connectivity index (χ0) is 20.9. The molecule has 0 aromatic heterocycles. The summed E-state index contributed by atoms with van der Waals surface area (Å²) in [4.78, 5) is 14.1. The highest BCUT2D eigenvalue weighted by Gasteiger charge is 2.21. The Labute approximate surface area is 176 Å². The van der Waals surface area contributed by atoms with Crippen LogP contribution in [-0.2, 0) is 16.6 Å². The SMILES string of the molecule is CN(C)CCNC(=O)c1ccc(CN(c2cccc(Cl)c2Cl)S(C)(=O)=O)cc1. The lowest BCUT2D eigenvalue weighted by Gasteiger charge is -2.24. The fourth-order valence-corrected chi connectivity index (χ4v) is 3.83. The van der Waals surface area contributed by atoms with Gasteiger partial charge in [0.15, 0.2) is 0 Å². The van der Waals surface area contributed by atoms with Gasteiger partial charge in [0.1, 0.15) is 0 Å². The number of nitrogens with zero attached hydrogens (tertiary/aromatic N) is 2. The zero-order valence-corrected chi connectivity index (χ0v) is 18.3. The molecule has 1 amide bonds. The molecule has 0 aliphatic heterocycles. The lowest BCUT2D eigenvalue weighted by Crippen LogP contribution is -2.31. The van der Waals surface area contributed by atoms with Gasteiger partial charge in [-0.15, -0.1) is 0 Å². The summed E-state index contributed by atoms with van der Waals surface area (Å²) in [5.74, 6) is -0.175. The van der Waals surface area contributed by atoms with Crippen molar-refractivity contribution >= 4 is 44.8 Å². The number of sulfonamides is 1. The molecule has 2 rings (SSSR count). The van der Waals surface area contributed by atoms with Crippen LogP contribution in [0.2, 0.25) is 10.0 Å². The van der Waals surface area contributed by atoms with E-state index in [2.05, 4.69) is 5.32 Å². The Morgan fingerprint density at radius 3 is 2.29 bits per heavy atom. The Bertz CT molecular complexity index is 932. The monoisotopic (exact) mass is 443 g/mol. The van der Waals surface area contributed by atoms with Crippen LogP contribution in [0.25, 0.3) is 0 Å². The molecule has 0 radical (unpaired) electrons. The van der Waals surface area contributed by atoms with Gasteiger partial charge < -0.3 is 10.2 Å². The van der Waals surface area contributed by atoms with Gasteiger partial charge in [-0.1, -0.05) is 41.4 Å². The number of likely N-dealkylation sites (N-methyl/N-ethyl adjacent to an activating group) is 1. The average molecular weight is 444 g/mol. The second-order valence-corrected chi connectivity index (χ2v) is 9.29. The summed E-state index contributed by atoms with van der Waals surface area (Å²) in [6, 6.07) is 11.6. The summed E-state index contributed by atoms with van der Waals surface area (Å²) in [5, 5.41) is 3.28. The first-order chi connectivity index (χ1) is 13.1. The standard InChI is InChI=1S/C19H23Cl2N3O3S/c1-23(2)12-11-22-19(25)15-9-7-14(8-10-15)13-24(28(3,26)27)17-6-4-5-16(20)18(17)21/h4-10H,11-13H2,1-3H3,(H,22,25). The van der Waals surface area contributed by atoms with Gasteiger partial charge in [-0.3, -0.25) is 9.10 Å². The number of hydrogen-bond donors (Lipinski definition) is 1. The zero-order valence-electron chi connectivity index (χ0n) is 15.9. The molecule has 152 valence electrons. The molecule has 28 heavy (non-hydrogen) atoms. The molecule has 0 unspecified atom stereocenters. The van der Waals surface area contributed by atoms with Gasteiger partial charge in [-0.05, 0) is 43.9 Å². The number of nitrogens with one attached hydrogen (secondary N) is 1. The van der Waals surface area contributed by atoms with Crippen molar-refractivity contribution < 1.29 is 13.2 Å². The van der Waals surface area contributed by atoms with Crippen molar-refractivity contribution in [2.45, 2.75) is 6.54 Å². The third kappa shape index (κ3) is 6.10. The summed E-state index contributed by atoms with van der Waals surface area (Å²) in [6.45, 7) is 1.36. The Kier molecular flexibility index (Phi) is 7.71. The molecule has 0 heterocycles. The number of carbonyl (C=O) groups excluding carboxylic acids is 1. The predicted molar refractivity (Wildman–Crippen MR) is 115 cm³/mol. The minimum absolute atomic E-state index is 0.0709. The molecule has 0 fully saturated rings. The minimum atomic E-state index is -3.60. The maximum atomic E-state index is 12.3. The number of anilines is 1. The first kappa shape index (κ1) is 22.5. The second kappa shape index (κ2) is 9.60. The molecule has 0 aliphatic carbocycles. The summed E-state index contributed by atoms with van der Waals surface area (Å²) in [6.07, 6.45) is 1.11. The van der Waals surface area contributed by atoms with E-state index in [1.165, 1.54) is 4.31 Å². The summed E-state index contributed by atoms with van der Waals surface area (Å²) in [5.41, 5.74) is 1.53. The predicted octanol–water partition coefficient (Wildman–Crippen LogP) is 3.25. The summed E-state index contributed by atoms with van der Waals surface area (Å²) in [7, 11) is 0.267. The van der Waals surface area contributed by atoms with E-state index >= 15 is 0 Å². The topological polar surface area (TPSA) is 69.7 Å². The fraction of sp³-hybridized carbons (Fsp3) is 0.316. The Morgan fingerprint density at radius 2 is 1.71 bits per heavy atom. The van der Waals surface area contributed by atoms with Crippen LogP contribution in [0.1, 0.15) is 15.9 Å². The van der Waals surface area contributed by atoms with E-state index in [1.54, 1.807) is 42.5 Å². The van der Waals surface area contributed by atoms with Crippen LogP contribution in [0, 0.1) is 0 Å². The van der Waals surface area contributed by atoms with Gasteiger partial charge in [-0.25, -0.2) is 8.42 Å². The molecule has 1 N–H and O–H groups in total. The van der Waals surface area contributed by atoms with Crippen molar-refractivity contribution in [3.63, 3.8) is 0 Å². The van der Waals surface area contributed by atoms with Crippen LogP contribution in [0.3, 0.4) is 0 Å². The molecule has 0 saturated carbocycles. The first-order valence-corrected chi connectivity index (χ1v) is 11.1. The highest BCUT2D eigenvalue weighted by molar-refractivity contribution is 7.92. The second-order valence-electron chi connectivity index (χ2n) is 6.60. The molecule has 9 heteroatoms. The molecule has 0 saturated heterocycles. The molecular weight excluding hydrogens is 421 g/mol. The van der Waals surface area contributed by atoms with Crippen LogP contribution >= 0.6 is 23.2 Å². The van der Waals surface area contributed by atoms with Crippen molar-refractivity contribution in [2.75, 3.05) is 37.7 Å². The van der Waals surface area contributed by atoms with E-state index in [9.17, 15) is 13.2 Å². The van der Waals surface area contributed by atoms with Crippen LogP contribution in [0.5, 0.6) is 0 Å². The van der Waals surface area contributed by atoms with Crippen LogP contribution < -0.4 is 9.62 Å². The van der Waals surface area contributed by atoms with E-state index < -0.39 is 10.0 Å². The summed E-state index contributed by atoms with van der Waals surface area (Å²) < 4.78 is 25.8. The lowest BCUT2D eigenvalue weighted by atomic mass is 10.1. The molecule has 0 bridgehead atoms. The Balaban J connectivity index is 2.18. The van der Waals surface area contributed by atoms with E-state index in [4.69, 9.17) is 23.2 Å². The van der Waals surface area contributed by atoms with Gasteiger partial charge in [0.05, 0.1) is 28.5 Å². The van der Waals surface area contributed by atoms with Gasteiger partial charge >= 0.3 is 0 Å². The molecule has 2 aromatic carbocycles. The number of benzene rings is 2. The number of halogens is 2. The van der Waals surface area contributed by atoms with Gasteiger partial charge in [0.2, 0.25) is 10.0 Å². The van der Waals surface area contributed by atoms with Crippen molar-refractivity contribution in [3.05, 3.63) is 63.6 Å². The van der Waals surface area contributed by atoms with Crippen LogP contribution in [0.15, 0.2) is 42.5 Å². The van der Waals surface area contributed by atoms with E-state index in [-0.39, 0.29) is 22.5 Å². The highest BCUT2D eigenvalue weighted by atomic mass is 35.5. The van der Waals surface area contributed by atoms with Crippen molar-refractivity contribution in [1.29, 1.82) is 0 Å². The normalized spacial score (nSPS) is 11.5. The summed E-state index contributed by atoms with van der Waals surface area (Å²) >= 11 is 12.2. The number of carbonyl (C=O) groups is 1. The third-order valence-corrected chi connectivity index (χ3v) is 5.92. The van der Waals surface area contributed by atoms with Crippen molar-refractivity contribution in [2.24, 2.45) is 0 Å². The number of hydrogen-bond acceptors (Lipinski definition) is 4. The quantitative estimate of drug-likeness (QED) is 0.679. The van der Waals surface area contributed by atoms with Crippen molar-refractivity contribution in [3.8, 4) is 0 Å². The van der Waals surface area contributed by atoms with Gasteiger partial charge in [-0.2, -0.15) is 0 Å². The maximum Gasteiger partial charge on any atom is 0.251 e. The molecule has 0 aliphatic rings. The van der Waals surface area contributed by atoms with Gasteiger partial charge in [0, 0.05) is 18.7 Å². The minimum Gasteiger partial charge on any atom is -0.351 e. The largest absolute Gasteiger partial charge is 0.351 e. The van der Waals surface area contributed by atoms with Crippen LogP contribution in [0.4, 0.5) is 5.69 Å². The molecular formula is C19H23Cl2N3O3S. The maximum absolute atomic E-state index is 12.3. The highest BCUT2D eigenvalue weighted by Crippen LogP contribution is 2.34. The molecule has 0 spiro atoms. The first-order valence-electron chi connectivity index (χ1n) is 8.53.